The van der Waals surface area contributed by atoms with Gasteiger partial charge in [-0.25, -0.2) is 13.8 Å². The molecule has 7 heteroatoms. The summed E-state index contributed by atoms with van der Waals surface area (Å²) in [6.07, 6.45) is 1.92. The molecule has 5 nitrogen and oxygen atoms in total. The second-order valence-electron chi connectivity index (χ2n) is 5.28. The van der Waals surface area contributed by atoms with E-state index < -0.39 is 17.7 Å². The van der Waals surface area contributed by atoms with E-state index in [0.29, 0.717) is 13.1 Å². The Balaban J connectivity index is 2.08. The van der Waals surface area contributed by atoms with Gasteiger partial charge in [-0.15, -0.1) is 0 Å². The first-order valence-corrected chi connectivity index (χ1v) is 6.91. The first-order valence-electron chi connectivity index (χ1n) is 6.91. The standard InChI is InChI=1S/C14H16F2N4O/c1-8(13(21)19-6-2-3-7-19)20-12-10(18-14(20)17)5-4-9(15)11(12)16/h4-5,8H,2-3,6-7H2,1H3,(H2,17,18). The Bertz CT molecular complexity index is 707. The number of fused-ring (bicyclic) bond motifs is 1. The fraction of sp³-hybridized carbons (Fsp3) is 0.429. The number of rotatable bonds is 2. The lowest BCUT2D eigenvalue weighted by Gasteiger charge is -2.22. The van der Waals surface area contributed by atoms with Gasteiger partial charge in [0.2, 0.25) is 11.9 Å². The lowest BCUT2D eigenvalue weighted by atomic mass is 10.2. The highest BCUT2D eigenvalue weighted by atomic mass is 19.2. The Hall–Kier alpha value is -2.18. The van der Waals surface area contributed by atoms with Gasteiger partial charge in [-0.05, 0) is 31.9 Å². The van der Waals surface area contributed by atoms with Gasteiger partial charge >= 0.3 is 0 Å². The molecule has 0 bridgehead atoms. The van der Waals surface area contributed by atoms with Crippen LogP contribution in [0.1, 0.15) is 25.8 Å². The normalized spacial score (nSPS) is 16.6. The Kier molecular flexibility index (Phi) is 3.27. The minimum Gasteiger partial charge on any atom is -0.369 e. The molecule has 1 aromatic carbocycles. The molecular weight excluding hydrogens is 278 g/mol. The van der Waals surface area contributed by atoms with E-state index in [-0.39, 0.29) is 22.9 Å². The van der Waals surface area contributed by atoms with Crippen LogP contribution in [0.2, 0.25) is 0 Å². The van der Waals surface area contributed by atoms with Crippen LogP contribution in [0.25, 0.3) is 11.0 Å². The number of benzene rings is 1. The van der Waals surface area contributed by atoms with Crippen molar-refractivity contribution in [3.63, 3.8) is 0 Å². The first-order chi connectivity index (χ1) is 10.0. The maximum atomic E-state index is 14.1. The molecule has 1 unspecified atom stereocenters. The smallest absolute Gasteiger partial charge is 0.245 e. The highest BCUT2D eigenvalue weighted by Crippen LogP contribution is 2.28. The van der Waals surface area contributed by atoms with E-state index in [2.05, 4.69) is 4.98 Å². The van der Waals surface area contributed by atoms with Crippen molar-refractivity contribution in [3.8, 4) is 0 Å². The van der Waals surface area contributed by atoms with E-state index in [4.69, 9.17) is 5.73 Å². The van der Waals surface area contributed by atoms with Crippen molar-refractivity contribution in [1.29, 1.82) is 0 Å². The highest BCUT2D eigenvalue weighted by molar-refractivity contribution is 5.86. The molecule has 0 aliphatic carbocycles. The van der Waals surface area contributed by atoms with Crippen LogP contribution in [0.3, 0.4) is 0 Å². The Morgan fingerprint density at radius 3 is 2.67 bits per heavy atom. The minimum atomic E-state index is -1.03. The van der Waals surface area contributed by atoms with Crippen molar-refractivity contribution in [1.82, 2.24) is 14.5 Å². The molecule has 2 N–H and O–H groups in total. The zero-order valence-electron chi connectivity index (χ0n) is 11.6. The van der Waals surface area contributed by atoms with E-state index in [1.54, 1.807) is 11.8 Å². The molecule has 2 heterocycles. The second kappa shape index (κ2) is 4.98. The van der Waals surface area contributed by atoms with Crippen LogP contribution < -0.4 is 5.73 Å². The molecule has 1 fully saturated rings. The fourth-order valence-electron chi connectivity index (χ4n) is 2.85. The number of aromatic nitrogens is 2. The van der Waals surface area contributed by atoms with Gasteiger partial charge in [-0.2, -0.15) is 0 Å². The Labute approximate surface area is 120 Å². The lowest BCUT2D eigenvalue weighted by molar-refractivity contribution is -0.133. The van der Waals surface area contributed by atoms with Gasteiger partial charge in [0.05, 0.1) is 5.52 Å². The van der Waals surface area contributed by atoms with E-state index in [1.165, 1.54) is 10.6 Å². The Morgan fingerprint density at radius 1 is 1.33 bits per heavy atom. The number of hydrogen-bond donors (Lipinski definition) is 1. The molecule has 1 saturated heterocycles. The number of hydrogen-bond acceptors (Lipinski definition) is 3. The van der Waals surface area contributed by atoms with E-state index in [0.717, 1.165) is 18.9 Å². The van der Waals surface area contributed by atoms with Crippen LogP contribution in [-0.4, -0.2) is 33.4 Å². The summed E-state index contributed by atoms with van der Waals surface area (Å²) in [7, 11) is 0. The number of likely N-dealkylation sites (tertiary alicyclic amines) is 1. The molecule has 21 heavy (non-hydrogen) atoms. The molecule has 0 spiro atoms. The zero-order chi connectivity index (χ0) is 15.1. The van der Waals surface area contributed by atoms with Crippen molar-refractivity contribution in [2.45, 2.75) is 25.8 Å². The van der Waals surface area contributed by atoms with Crippen molar-refractivity contribution in [2.24, 2.45) is 0 Å². The summed E-state index contributed by atoms with van der Waals surface area (Å²) in [5.41, 5.74) is 5.98. The third kappa shape index (κ3) is 2.12. The number of amides is 1. The van der Waals surface area contributed by atoms with E-state index in [1.807, 2.05) is 0 Å². The third-order valence-electron chi connectivity index (χ3n) is 3.93. The minimum absolute atomic E-state index is 0.00884. The summed E-state index contributed by atoms with van der Waals surface area (Å²) in [5.74, 6) is -2.15. The van der Waals surface area contributed by atoms with Gasteiger partial charge in [0.25, 0.3) is 0 Å². The monoisotopic (exact) mass is 294 g/mol. The molecule has 3 rings (SSSR count). The van der Waals surface area contributed by atoms with Crippen molar-refractivity contribution in [2.75, 3.05) is 18.8 Å². The van der Waals surface area contributed by atoms with Gasteiger partial charge in [0.15, 0.2) is 11.6 Å². The summed E-state index contributed by atoms with van der Waals surface area (Å²) in [6.45, 7) is 3.00. The molecule has 112 valence electrons. The zero-order valence-corrected chi connectivity index (χ0v) is 11.6. The van der Waals surface area contributed by atoms with Crippen molar-refractivity contribution in [3.05, 3.63) is 23.8 Å². The maximum absolute atomic E-state index is 14.1. The predicted molar refractivity (Wildman–Crippen MR) is 74.6 cm³/mol. The average Bonchev–Trinajstić information content (AvgIpc) is 3.09. The molecule has 0 saturated carbocycles. The van der Waals surface area contributed by atoms with Gasteiger partial charge in [-0.3, -0.25) is 9.36 Å². The van der Waals surface area contributed by atoms with Crippen LogP contribution in [-0.2, 0) is 4.79 Å². The summed E-state index contributed by atoms with van der Waals surface area (Å²) in [5, 5.41) is 0. The molecular formula is C14H16F2N4O. The summed E-state index contributed by atoms with van der Waals surface area (Å²) < 4.78 is 28.8. The number of carbonyl (C=O) groups excluding carboxylic acids is 1. The van der Waals surface area contributed by atoms with Crippen LogP contribution in [0.4, 0.5) is 14.7 Å². The summed E-state index contributed by atoms with van der Waals surface area (Å²) >= 11 is 0. The van der Waals surface area contributed by atoms with Gasteiger partial charge in [0, 0.05) is 13.1 Å². The molecule has 1 aromatic heterocycles. The SMILES string of the molecule is CC(C(=O)N1CCCC1)n1c(N)nc2ccc(F)c(F)c21. The third-order valence-corrected chi connectivity index (χ3v) is 3.93. The number of nitrogens with zero attached hydrogens (tertiary/aromatic N) is 3. The molecule has 1 amide bonds. The summed E-state index contributed by atoms with van der Waals surface area (Å²) in [6, 6.07) is 1.64. The van der Waals surface area contributed by atoms with Gasteiger partial charge in [-0.1, -0.05) is 0 Å². The summed E-state index contributed by atoms with van der Waals surface area (Å²) in [4.78, 5) is 18.2. The topological polar surface area (TPSA) is 64.2 Å². The average molecular weight is 294 g/mol. The number of carbonyl (C=O) groups is 1. The van der Waals surface area contributed by atoms with Crippen LogP contribution >= 0.6 is 0 Å². The molecule has 1 aliphatic rings. The molecule has 2 aromatic rings. The molecule has 1 atom stereocenters. The van der Waals surface area contributed by atoms with Gasteiger partial charge < -0.3 is 10.6 Å². The maximum Gasteiger partial charge on any atom is 0.245 e. The van der Waals surface area contributed by atoms with Gasteiger partial charge in [0.1, 0.15) is 11.6 Å². The lowest BCUT2D eigenvalue weighted by Crippen LogP contribution is -2.34. The highest BCUT2D eigenvalue weighted by Gasteiger charge is 2.28. The molecule has 1 aliphatic heterocycles. The van der Waals surface area contributed by atoms with Crippen LogP contribution in [0, 0.1) is 11.6 Å². The largest absolute Gasteiger partial charge is 0.369 e. The number of nitrogens with two attached hydrogens (primary N) is 1. The molecule has 0 radical (unpaired) electrons. The predicted octanol–water partition coefficient (Wildman–Crippen LogP) is 2.08. The Morgan fingerprint density at radius 2 is 2.00 bits per heavy atom. The number of halogens is 2. The second-order valence-corrected chi connectivity index (χ2v) is 5.28. The van der Waals surface area contributed by atoms with Crippen molar-refractivity contribution < 1.29 is 13.6 Å². The van der Waals surface area contributed by atoms with Crippen LogP contribution in [0.15, 0.2) is 12.1 Å². The number of anilines is 1. The number of nitrogen functional groups attached to an aromatic ring is 1. The van der Waals surface area contributed by atoms with E-state index >= 15 is 0 Å². The van der Waals surface area contributed by atoms with E-state index in [9.17, 15) is 13.6 Å². The quantitative estimate of drug-likeness (QED) is 0.922. The fourth-order valence-corrected chi connectivity index (χ4v) is 2.85. The van der Waals surface area contributed by atoms with Crippen molar-refractivity contribution >= 4 is 22.9 Å². The van der Waals surface area contributed by atoms with Crippen LogP contribution in [0.5, 0.6) is 0 Å². The first kappa shape index (κ1) is 13.8. The number of imidazole rings is 1.